The first-order chi connectivity index (χ1) is 12.4. The summed E-state index contributed by atoms with van der Waals surface area (Å²) in [5.41, 5.74) is 3.09. The Morgan fingerprint density at radius 3 is 2.38 bits per heavy atom. The van der Waals surface area contributed by atoms with Crippen molar-refractivity contribution in [2.75, 3.05) is 31.3 Å². The standard InChI is InChI=1S/C18H19BrN4O3/c1-23(2)8-7-17(24)20-11-3-5-12(6-4-11)21-18(25)14-9-15-13(22-14)10-16(19)26-15/h3-6,9-10,22H,7-8H2,1-2H3,(H,20,24)(H,21,25). The van der Waals surface area contributed by atoms with E-state index < -0.39 is 0 Å². The van der Waals surface area contributed by atoms with Crippen LogP contribution in [0, 0.1) is 0 Å². The molecule has 0 bridgehead atoms. The molecule has 0 unspecified atom stereocenters. The number of benzene rings is 1. The van der Waals surface area contributed by atoms with Gasteiger partial charge in [-0.3, -0.25) is 9.59 Å². The number of furan rings is 1. The van der Waals surface area contributed by atoms with Crippen molar-refractivity contribution in [1.29, 1.82) is 0 Å². The zero-order chi connectivity index (χ0) is 18.7. The van der Waals surface area contributed by atoms with E-state index in [0.717, 1.165) is 5.52 Å². The lowest BCUT2D eigenvalue weighted by Gasteiger charge is -2.10. The summed E-state index contributed by atoms with van der Waals surface area (Å²) >= 11 is 3.24. The molecule has 26 heavy (non-hydrogen) atoms. The first-order valence-electron chi connectivity index (χ1n) is 8.05. The Kier molecular flexibility index (Phi) is 5.43. The number of aromatic nitrogens is 1. The van der Waals surface area contributed by atoms with Crippen molar-refractivity contribution in [2.45, 2.75) is 6.42 Å². The van der Waals surface area contributed by atoms with E-state index in [4.69, 9.17) is 4.42 Å². The Labute approximate surface area is 158 Å². The molecule has 0 spiro atoms. The van der Waals surface area contributed by atoms with Gasteiger partial charge in [0.2, 0.25) is 5.91 Å². The molecule has 2 aromatic heterocycles. The molecule has 0 saturated carbocycles. The van der Waals surface area contributed by atoms with Gasteiger partial charge >= 0.3 is 0 Å². The van der Waals surface area contributed by atoms with Crippen LogP contribution in [0.1, 0.15) is 16.9 Å². The van der Waals surface area contributed by atoms with Crippen LogP contribution in [0.25, 0.3) is 11.1 Å². The number of aromatic amines is 1. The Hall–Kier alpha value is -2.58. The van der Waals surface area contributed by atoms with E-state index in [-0.39, 0.29) is 11.8 Å². The fourth-order valence-corrected chi connectivity index (χ4v) is 2.80. The molecule has 0 atom stereocenters. The Morgan fingerprint density at radius 1 is 1.12 bits per heavy atom. The zero-order valence-electron chi connectivity index (χ0n) is 14.4. The molecule has 0 aliphatic rings. The first-order valence-corrected chi connectivity index (χ1v) is 8.84. The van der Waals surface area contributed by atoms with Crippen LogP contribution >= 0.6 is 15.9 Å². The molecule has 8 heteroatoms. The van der Waals surface area contributed by atoms with Gasteiger partial charge in [0, 0.05) is 36.5 Å². The number of nitrogens with one attached hydrogen (secondary N) is 3. The minimum atomic E-state index is -0.268. The van der Waals surface area contributed by atoms with Crippen LogP contribution in [0.15, 0.2) is 45.5 Å². The smallest absolute Gasteiger partial charge is 0.272 e. The van der Waals surface area contributed by atoms with Gasteiger partial charge in [-0.15, -0.1) is 0 Å². The monoisotopic (exact) mass is 418 g/mol. The van der Waals surface area contributed by atoms with E-state index in [1.165, 1.54) is 0 Å². The third-order valence-electron chi connectivity index (χ3n) is 3.73. The SMILES string of the molecule is CN(C)CCC(=O)Nc1ccc(NC(=O)c2cc3oc(Br)cc3[nH]2)cc1. The number of halogens is 1. The lowest BCUT2D eigenvalue weighted by atomic mass is 10.2. The molecule has 0 radical (unpaired) electrons. The highest BCUT2D eigenvalue weighted by Crippen LogP contribution is 2.24. The summed E-state index contributed by atoms with van der Waals surface area (Å²) in [6.45, 7) is 0.690. The maximum Gasteiger partial charge on any atom is 0.272 e. The van der Waals surface area contributed by atoms with E-state index in [9.17, 15) is 9.59 Å². The first kappa shape index (κ1) is 18.2. The van der Waals surface area contributed by atoms with E-state index in [1.807, 2.05) is 19.0 Å². The molecule has 2 heterocycles. The summed E-state index contributed by atoms with van der Waals surface area (Å²) in [4.78, 5) is 29.1. The van der Waals surface area contributed by atoms with Gasteiger partial charge in [0.05, 0.1) is 5.52 Å². The van der Waals surface area contributed by atoms with Crippen LogP contribution in [0.4, 0.5) is 11.4 Å². The molecule has 136 valence electrons. The molecule has 0 fully saturated rings. The van der Waals surface area contributed by atoms with Crippen molar-refractivity contribution in [2.24, 2.45) is 0 Å². The summed E-state index contributed by atoms with van der Waals surface area (Å²) < 4.78 is 6.00. The summed E-state index contributed by atoms with van der Waals surface area (Å²) in [7, 11) is 3.84. The van der Waals surface area contributed by atoms with E-state index >= 15 is 0 Å². The summed E-state index contributed by atoms with van der Waals surface area (Å²) in [6, 6.07) is 10.4. The predicted molar refractivity (Wildman–Crippen MR) is 104 cm³/mol. The quantitative estimate of drug-likeness (QED) is 0.569. The lowest BCUT2D eigenvalue weighted by Crippen LogP contribution is -2.20. The number of H-pyrrole nitrogens is 1. The Balaban J connectivity index is 1.58. The predicted octanol–water partition coefficient (Wildman–Crippen LogP) is 3.67. The second-order valence-corrected chi connectivity index (χ2v) is 6.93. The maximum atomic E-state index is 12.3. The number of rotatable bonds is 6. The minimum Gasteiger partial charge on any atom is -0.448 e. The Bertz CT molecular complexity index is 896. The van der Waals surface area contributed by atoms with Crippen molar-refractivity contribution in [3.8, 4) is 0 Å². The number of carbonyl (C=O) groups excluding carboxylic acids is 2. The van der Waals surface area contributed by atoms with E-state index in [0.29, 0.717) is 40.3 Å². The second-order valence-electron chi connectivity index (χ2n) is 6.14. The highest BCUT2D eigenvalue weighted by atomic mass is 79.9. The van der Waals surface area contributed by atoms with Crippen LogP contribution in [-0.2, 0) is 4.79 Å². The summed E-state index contributed by atoms with van der Waals surface area (Å²) in [5.74, 6) is -0.314. The molecular formula is C18H19BrN4O3. The molecule has 0 aliphatic carbocycles. The molecule has 3 rings (SSSR count). The number of hydrogen-bond donors (Lipinski definition) is 3. The van der Waals surface area contributed by atoms with Crippen LogP contribution in [0.5, 0.6) is 0 Å². The van der Waals surface area contributed by atoms with Crippen LogP contribution in [0.2, 0.25) is 0 Å². The number of carbonyl (C=O) groups is 2. The Morgan fingerprint density at radius 2 is 1.77 bits per heavy atom. The normalized spacial score (nSPS) is 11.1. The minimum absolute atomic E-state index is 0.0457. The van der Waals surface area contributed by atoms with Crippen molar-refractivity contribution in [1.82, 2.24) is 9.88 Å². The molecule has 7 nitrogen and oxygen atoms in total. The van der Waals surface area contributed by atoms with Gasteiger partial charge in [-0.25, -0.2) is 0 Å². The average Bonchev–Trinajstić information content (AvgIpc) is 3.12. The molecule has 3 N–H and O–H groups in total. The van der Waals surface area contributed by atoms with Gasteiger partial charge in [-0.2, -0.15) is 0 Å². The van der Waals surface area contributed by atoms with Crippen LogP contribution < -0.4 is 10.6 Å². The van der Waals surface area contributed by atoms with Crippen molar-refractivity contribution < 1.29 is 14.0 Å². The average molecular weight is 419 g/mol. The summed E-state index contributed by atoms with van der Waals surface area (Å²) in [6.07, 6.45) is 0.426. The van der Waals surface area contributed by atoms with Gasteiger partial charge in [0.15, 0.2) is 10.3 Å². The van der Waals surface area contributed by atoms with Gasteiger partial charge in [0.1, 0.15) is 5.69 Å². The van der Waals surface area contributed by atoms with Gasteiger partial charge in [-0.1, -0.05) is 0 Å². The van der Waals surface area contributed by atoms with Gasteiger partial charge in [-0.05, 0) is 54.3 Å². The van der Waals surface area contributed by atoms with Crippen LogP contribution in [-0.4, -0.2) is 42.3 Å². The van der Waals surface area contributed by atoms with Crippen LogP contribution in [0.3, 0.4) is 0 Å². The molecule has 0 saturated heterocycles. The molecule has 1 aromatic carbocycles. The third-order valence-corrected chi connectivity index (χ3v) is 4.12. The second kappa shape index (κ2) is 7.76. The van der Waals surface area contributed by atoms with Crippen molar-refractivity contribution in [3.63, 3.8) is 0 Å². The van der Waals surface area contributed by atoms with Gasteiger partial charge in [0.25, 0.3) is 5.91 Å². The zero-order valence-corrected chi connectivity index (χ0v) is 16.0. The number of nitrogens with zero attached hydrogens (tertiary/aromatic N) is 1. The number of amides is 2. The van der Waals surface area contributed by atoms with E-state index in [2.05, 4.69) is 31.5 Å². The topological polar surface area (TPSA) is 90.4 Å². The third kappa shape index (κ3) is 4.53. The highest BCUT2D eigenvalue weighted by molar-refractivity contribution is 9.10. The molecule has 0 aliphatic heterocycles. The largest absolute Gasteiger partial charge is 0.448 e. The van der Waals surface area contributed by atoms with Gasteiger partial charge < -0.3 is 24.9 Å². The maximum absolute atomic E-state index is 12.3. The lowest BCUT2D eigenvalue weighted by molar-refractivity contribution is -0.116. The highest BCUT2D eigenvalue weighted by Gasteiger charge is 2.13. The molecule has 3 aromatic rings. The fraction of sp³-hybridized carbons (Fsp3) is 0.222. The molecule has 2 amide bonds. The number of anilines is 2. The van der Waals surface area contributed by atoms with E-state index in [1.54, 1.807) is 36.4 Å². The number of fused-ring (bicyclic) bond motifs is 1. The fourth-order valence-electron chi connectivity index (χ4n) is 2.40. The molecular weight excluding hydrogens is 400 g/mol. The van der Waals surface area contributed by atoms with Crippen molar-refractivity contribution in [3.05, 3.63) is 46.8 Å². The van der Waals surface area contributed by atoms with Crippen molar-refractivity contribution >= 4 is 50.2 Å². The summed E-state index contributed by atoms with van der Waals surface area (Å²) in [5, 5.41) is 5.63. The number of hydrogen-bond acceptors (Lipinski definition) is 4.